The standard InChI is InChI=1S/C23H18FN3O3S/c24-17-9-5-15(6-10-17)16-7-11-18(12-8-16)31-21(23(29)30)13-14-27-22(28)19-3-1-2-4-20(19)25-26-27/h1-12,21H,13-14H2,(H,29,30). The van der Waals surface area contributed by atoms with E-state index in [1.165, 1.54) is 28.6 Å². The summed E-state index contributed by atoms with van der Waals surface area (Å²) in [5, 5.41) is 17.3. The molecule has 1 unspecified atom stereocenters. The van der Waals surface area contributed by atoms with E-state index in [9.17, 15) is 19.1 Å². The molecule has 1 atom stereocenters. The van der Waals surface area contributed by atoms with Gasteiger partial charge in [-0.3, -0.25) is 9.59 Å². The maximum Gasteiger partial charge on any atom is 0.317 e. The number of rotatable bonds is 7. The van der Waals surface area contributed by atoms with Crippen LogP contribution in [0.1, 0.15) is 6.42 Å². The summed E-state index contributed by atoms with van der Waals surface area (Å²) in [6.07, 6.45) is 0.215. The molecule has 0 saturated heterocycles. The number of fused-ring (bicyclic) bond motifs is 1. The molecule has 0 aliphatic rings. The van der Waals surface area contributed by atoms with Crippen molar-refractivity contribution in [3.63, 3.8) is 0 Å². The van der Waals surface area contributed by atoms with Gasteiger partial charge >= 0.3 is 5.97 Å². The Morgan fingerprint density at radius 2 is 1.65 bits per heavy atom. The second-order valence-electron chi connectivity index (χ2n) is 6.90. The summed E-state index contributed by atoms with van der Waals surface area (Å²) in [5.74, 6) is -1.26. The molecule has 6 nitrogen and oxygen atoms in total. The summed E-state index contributed by atoms with van der Waals surface area (Å²) in [6.45, 7) is 0.147. The van der Waals surface area contributed by atoms with Crippen molar-refractivity contribution in [2.45, 2.75) is 23.1 Å². The molecule has 0 saturated carbocycles. The van der Waals surface area contributed by atoms with Crippen LogP contribution in [0.15, 0.2) is 82.5 Å². The van der Waals surface area contributed by atoms with Gasteiger partial charge in [0.2, 0.25) is 0 Å². The van der Waals surface area contributed by atoms with E-state index < -0.39 is 11.2 Å². The maximum absolute atomic E-state index is 13.1. The second kappa shape index (κ2) is 9.09. The molecule has 3 aromatic carbocycles. The molecule has 0 amide bonds. The van der Waals surface area contributed by atoms with Crippen molar-refractivity contribution < 1.29 is 14.3 Å². The van der Waals surface area contributed by atoms with E-state index in [1.807, 2.05) is 24.3 Å². The van der Waals surface area contributed by atoms with Gasteiger partial charge in [-0.15, -0.1) is 16.9 Å². The van der Waals surface area contributed by atoms with Crippen molar-refractivity contribution in [3.8, 4) is 11.1 Å². The van der Waals surface area contributed by atoms with Gasteiger partial charge in [0, 0.05) is 11.4 Å². The Hall–Kier alpha value is -3.52. The van der Waals surface area contributed by atoms with Gasteiger partial charge in [-0.05, 0) is 53.9 Å². The highest BCUT2D eigenvalue weighted by Gasteiger charge is 2.20. The normalized spacial score (nSPS) is 12.0. The van der Waals surface area contributed by atoms with Crippen molar-refractivity contribution in [2.24, 2.45) is 0 Å². The van der Waals surface area contributed by atoms with Gasteiger partial charge in [0.15, 0.2) is 0 Å². The van der Waals surface area contributed by atoms with Gasteiger partial charge in [-0.2, -0.15) is 0 Å². The molecule has 0 aliphatic carbocycles. The Bertz CT molecular complexity index is 1270. The number of aromatic nitrogens is 3. The molecule has 0 spiro atoms. The number of aliphatic carboxylic acids is 1. The quantitative estimate of drug-likeness (QED) is 0.437. The Morgan fingerprint density at radius 1 is 1.00 bits per heavy atom. The molecule has 0 radical (unpaired) electrons. The monoisotopic (exact) mass is 435 g/mol. The van der Waals surface area contributed by atoms with Crippen molar-refractivity contribution in [2.75, 3.05) is 0 Å². The molecule has 1 heterocycles. The van der Waals surface area contributed by atoms with Crippen LogP contribution < -0.4 is 5.56 Å². The molecule has 8 heteroatoms. The summed E-state index contributed by atoms with van der Waals surface area (Å²) in [6, 6.07) is 20.5. The molecule has 0 aliphatic heterocycles. The third kappa shape index (κ3) is 4.80. The Balaban J connectivity index is 1.46. The first kappa shape index (κ1) is 20.7. The predicted octanol–water partition coefficient (Wildman–Crippen LogP) is 4.23. The highest BCUT2D eigenvalue weighted by Crippen LogP contribution is 2.29. The Morgan fingerprint density at radius 3 is 2.32 bits per heavy atom. The minimum absolute atomic E-state index is 0.147. The van der Waals surface area contributed by atoms with Gasteiger partial charge in [0.1, 0.15) is 16.6 Å². The summed E-state index contributed by atoms with van der Waals surface area (Å²) >= 11 is 1.21. The number of carbonyl (C=O) groups is 1. The van der Waals surface area contributed by atoms with E-state index in [0.717, 1.165) is 16.0 Å². The molecule has 0 fully saturated rings. The first-order valence-electron chi connectivity index (χ1n) is 9.59. The van der Waals surface area contributed by atoms with Gasteiger partial charge in [0.05, 0.1) is 5.39 Å². The zero-order valence-electron chi connectivity index (χ0n) is 16.3. The Labute approximate surface area is 181 Å². The molecule has 4 rings (SSSR count). The van der Waals surface area contributed by atoms with E-state index in [0.29, 0.717) is 10.9 Å². The van der Waals surface area contributed by atoms with Crippen LogP contribution in [0.25, 0.3) is 22.0 Å². The van der Waals surface area contributed by atoms with Crippen LogP contribution in [-0.4, -0.2) is 31.3 Å². The number of hydrogen-bond donors (Lipinski definition) is 1. The third-order valence-corrected chi connectivity index (χ3v) is 6.08. The molecule has 156 valence electrons. The SMILES string of the molecule is O=C(O)C(CCn1nnc2ccccc2c1=O)Sc1ccc(-c2ccc(F)cc2)cc1. The fourth-order valence-corrected chi connectivity index (χ4v) is 4.12. The fraction of sp³-hybridized carbons (Fsp3) is 0.130. The molecular formula is C23H18FN3O3S. The van der Waals surface area contributed by atoms with Gasteiger partial charge in [0.25, 0.3) is 5.56 Å². The average Bonchev–Trinajstić information content (AvgIpc) is 2.79. The largest absolute Gasteiger partial charge is 0.480 e. The number of halogens is 1. The number of carboxylic acids is 1. The second-order valence-corrected chi connectivity index (χ2v) is 8.18. The zero-order valence-corrected chi connectivity index (χ0v) is 17.1. The topological polar surface area (TPSA) is 85.1 Å². The highest BCUT2D eigenvalue weighted by atomic mass is 32.2. The minimum atomic E-state index is -0.964. The van der Waals surface area contributed by atoms with E-state index >= 15 is 0 Å². The zero-order chi connectivity index (χ0) is 21.8. The van der Waals surface area contributed by atoms with E-state index in [4.69, 9.17) is 0 Å². The molecule has 1 N–H and O–H groups in total. The van der Waals surface area contributed by atoms with Crippen molar-refractivity contribution in [1.82, 2.24) is 15.0 Å². The molecular weight excluding hydrogens is 417 g/mol. The van der Waals surface area contributed by atoms with Gasteiger partial charge in [-0.1, -0.05) is 41.6 Å². The van der Waals surface area contributed by atoms with Crippen LogP contribution in [-0.2, 0) is 11.3 Å². The van der Waals surface area contributed by atoms with Gasteiger partial charge < -0.3 is 5.11 Å². The van der Waals surface area contributed by atoms with E-state index in [2.05, 4.69) is 10.3 Å². The van der Waals surface area contributed by atoms with Crippen LogP contribution in [0, 0.1) is 5.82 Å². The predicted molar refractivity (Wildman–Crippen MR) is 118 cm³/mol. The lowest BCUT2D eigenvalue weighted by Gasteiger charge is -2.13. The maximum atomic E-state index is 13.1. The van der Waals surface area contributed by atoms with E-state index in [1.54, 1.807) is 36.4 Å². The lowest BCUT2D eigenvalue weighted by Crippen LogP contribution is -2.27. The molecule has 1 aromatic heterocycles. The van der Waals surface area contributed by atoms with Crippen molar-refractivity contribution >= 4 is 28.6 Å². The van der Waals surface area contributed by atoms with Crippen molar-refractivity contribution in [3.05, 3.63) is 89.0 Å². The highest BCUT2D eigenvalue weighted by molar-refractivity contribution is 8.00. The van der Waals surface area contributed by atoms with Crippen molar-refractivity contribution in [1.29, 1.82) is 0 Å². The lowest BCUT2D eigenvalue weighted by molar-refractivity contribution is -0.136. The number of benzene rings is 3. The first-order chi connectivity index (χ1) is 15.0. The summed E-state index contributed by atoms with van der Waals surface area (Å²) in [7, 11) is 0. The number of hydrogen-bond acceptors (Lipinski definition) is 5. The van der Waals surface area contributed by atoms with Gasteiger partial charge in [-0.25, -0.2) is 9.07 Å². The summed E-state index contributed by atoms with van der Waals surface area (Å²) < 4.78 is 14.3. The van der Waals surface area contributed by atoms with E-state index in [-0.39, 0.29) is 24.3 Å². The average molecular weight is 435 g/mol. The Kier molecular flexibility index (Phi) is 6.08. The number of carboxylic acid groups (broad SMARTS) is 1. The third-order valence-electron chi connectivity index (χ3n) is 4.82. The number of nitrogens with zero attached hydrogens (tertiary/aromatic N) is 3. The van der Waals surface area contributed by atoms with Crippen LogP contribution in [0.3, 0.4) is 0 Å². The van der Waals surface area contributed by atoms with Crippen LogP contribution in [0.2, 0.25) is 0 Å². The smallest absolute Gasteiger partial charge is 0.317 e. The first-order valence-corrected chi connectivity index (χ1v) is 10.5. The number of thioether (sulfide) groups is 1. The van der Waals surface area contributed by atoms with Crippen LogP contribution in [0.4, 0.5) is 4.39 Å². The molecule has 4 aromatic rings. The molecule has 31 heavy (non-hydrogen) atoms. The van der Waals surface area contributed by atoms with Crippen LogP contribution >= 0.6 is 11.8 Å². The fourth-order valence-electron chi connectivity index (χ4n) is 3.17. The number of aryl methyl sites for hydroxylation is 1. The molecule has 0 bridgehead atoms. The van der Waals surface area contributed by atoms with Crippen LogP contribution in [0.5, 0.6) is 0 Å². The summed E-state index contributed by atoms with van der Waals surface area (Å²) in [5.41, 5.74) is 2.01. The summed E-state index contributed by atoms with van der Waals surface area (Å²) in [4.78, 5) is 25.1. The minimum Gasteiger partial charge on any atom is -0.480 e. The lowest BCUT2D eigenvalue weighted by atomic mass is 10.1.